The van der Waals surface area contributed by atoms with Crippen molar-refractivity contribution in [3.05, 3.63) is 113 Å². The molecule has 0 atom stereocenters. The van der Waals surface area contributed by atoms with Crippen LogP contribution < -0.4 is 9.89 Å². The van der Waals surface area contributed by atoms with Crippen LogP contribution in [0.15, 0.2) is 111 Å². The van der Waals surface area contributed by atoms with E-state index < -0.39 is 21.8 Å². The monoisotopic (exact) mass is 715 g/mol. The quantitative estimate of drug-likeness (QED) is 0.181. The van der Waals surface area contributed by atoms with E-state index in [1.165, 1.54) is 17.6 Å². The molecule has 0 spiro atoms. The van der Waals surface area contributed by atoms with Gasteiger partial charge in [0, 0.05) is 70.2 Å². The molecule has 238 valence electrons. The molecular weight excluding hydrogens is 678 g/mol. The molecule has 0 saturated carbocycles. The first-order valence-electron chi connectivity index (χ1n) is 17.3. The number of pyridine rings is 4. The Morgan fingerprint density at radius 2 is 1.15 bits per heavy atom. The first kappa shape index (κ1) is 26.3. The number of aromatic nitrogens is 4. The molecule has 0 saturated heterocycles. The van der Waals surface area contributed by atoms with Crippen LogP contribution in [0.5, 0.6) is 0 Å². The van der Waals surface area contributed by atoms with E-state index in [0.717, 1.165) is 42.7 Å². The zero-order valence-corrected chi connectivity index (χ0v) is 28.1. The van der Waals surface area contributed by atoms with Gasteiger partial charge in [-0.3, -0.25) is 14.7 Å². The minimum absolute atomic E-state index is 0. The maximum atomic E-state index is 7.52. The SMILES string of the molecule is F.[2H]C([2H])([2H])c1ccc(-c2ccc(Br)c3c2oc2ncccc23)nc1.[2H]C([2H])([2H])c1ccc(-c2ccc([Si](C)(C)C)c3c2oc2ncccc23)nc1.[F-]. The van der Waals surface area contributed by atoms with E-state index in [1.807, 2.05) is 42.5 Å². The summed E-state index contributed by atoms with van der Waals surface area (Å²) in [4.78, 5) is 17.3. The van der Waals surface area contributed by atoms with Gasteiger partial charge in [-0.1, -0.05) is 53.8 Å². The predicted molar refractivity (Wildman–Crippen MR) is 192 cm³/mol. The van der Waals surface area contributed by atoms with Gasteiger partial charge in [-0.05, 0) is 84.6 Å². The van der Waals surface area contributed by atoms with E-state index in [4.69, 9.17) is 17.1 Å². The van der Waals surface area contributed by atoms with Crippen molar-refractivity contribution in [1.29, 1.82) is 0 Å². The zero-order valence-electron chi connectivity index (χ0n) is 31.5. The fraction of sp³-hybridized carbons (Fsp3) is 0.135. The Balaban J connectivity index is 0.000000198. The lowest BCUT2D eigenvalue weighted by atomic mass is 10.1. The lowest BCUT2D eigenvalue weighted by molar-refractivity contribution is -0.0000111. The maximum absolute atomic E-state index is 7.52. The third-order valence-electron chi connectivity index (χ3n) is 7.63. The Hall–Kier alpha value is -4.80. The van der Waals surface area contributed by atoms with Crippen molar-refractivity contribution in [2.45, 2.75) is 33.3 Å². The van der Waals surface area contributed by atoms with Crippen LogP contribution in [0.25, 0.3) is 66.7 Å². The molecule has 0 amide bonds. The van der Waals surface area contributed by atoms with Crippen molar-refractivity contribution in [2.75, 3.05) is 0 Å². The smallest absolute Gasteiger partial charge is 0.227 e. The average Bonchev–Trinajstić information content (AvgIpc) is 3.67. The Morgan fingerprint density at radius 1 is 0.638 bits per heavy atom. The molecule has 0 unspecified atom stereocenters. The van der Waals surface area contributed by atoms with Crippen molar-refractivity contribution < 1.29 is 26.5 Å². The standard InChI is InChI=1S/C20H20N2OSi.C17H11BrN2O.2FH/c1-13-7-9-16(22-12-13)14-8-10-17(24(2,3)4)18-15-6-5-11-21-20(15)23-19(14)18;1-10-4-7-14(20-9-10)11-5-6-13(18)15-12-3-2-8-19-17(12)21-16(11)15;;/h5-12H,1-4H3;2-9H,1H3;2*1H/p-1/i2*1D3;;. The van der Waals surface area contributed by atoms with Gasteiger partial charge in [0.2, 0.25) is 11.4 Å². The first-order valence-corrected chi connectivity index (χ1v) is 18.6. The van der Waals surface area contributed by atoms with Crippen molar-refractivity contribution in [3.63, 3.8) is 0 Å². The number of hydrogen-bond donors (Lipinski definition) is 0. The van der Waals surface area contributed by atoms with E-state index in [0.29, 0.717) is 28.4 Å². The Labute approximate surface area is 288 Å². The molecule has 8 aromatic rings. The van der Waals surface area contributed by atoms with Crippen LogP contribution in [0.2, 0.25) is 19.6 Å². The van der Waals surface area contributed by atoms with Gasteiger partial charge in [-0.15, -0.1) is 0 Å². The number of fused-ring (bicyclic) bond motifs is 6. The molecular formula is C37H32BrF2N4O2Si-. The fourth-order valence-electron chi connectivity index (χ4n) is 5.52. The number of halogens is 3. The molecule has 0 fully saturated rings. The highest BCUT2D eigenvalue weighted by Crippen LogP contribution is 2.39. The minimum Gasteiger partial charge on any atom is -1.00 e. The van der Waals surface area contributed by atoms with Crippen molar-refractivity contribution in [3.8, 4) is 22.5 Å². The summed E-state index contributed by atoms with van der Waals surface area (Å²) in [6.07, 6.45) is 6.21. The van der Waals surface area contributed by atoms with Gasteiger partial charge in [0.25, 0.3) is 0 Å². The Morgan fingerprint density at radius 3 is 1.64 bits per heavy atom. The summed E-state index contributed by atoms with van der Waals surface area (Å²) in [5, 5.41) is 5.26. The summed E-state index contributed by atoms with van der Waals surface area (Å²) in [6.45, 7) is 2.59. The number of furan rings is 2. The van der Waals surface area contributed by atoms with Gasteiger partial charge in [-0.2, -0.15) is 0 Å². The number of hydrogen-bond acceptors (Lipinski definition) is 6. The van der Waals surface area contributed by atoms with Crippen LogP contribution in [0.1, 0.15) is 19.4 Å². The summed E-state index contributed by atoms with van der Waals surface area (Å²) >= 11 is 3.56. The minimum atomic E-state index is -2.16. The Bertz CT molecular complexity index is 2570. The molecule has 6 aromatic heterocycles. The number of aryl methyl sites for hydroxylation is 2. The van der Waals surface area contributed by atoms with Crippen LogP contribution in [0.4, 0.5) is 4.70 Å². The van der Waals surface area contributed by atoms with Gasteiger partial charge in [-0.25, -0.2) is 9.97 Å². The summed E-state index contributed by atoms with van der Waals surface area (Å²) in [7, 11) is -1.62. The van der Waals surface area contributed by atoms with Crippen LogP contribution in [0.3, 0.4) is 0 Å². The van der Waals surface area contributed by atoms with Crippen LogP contribution in [0, 0.1) is 13.7 Å². The molecule has 0 aliphatic heterocycles. The molecule has 10 heteroatoms. The molecule has 8 rings (SSSR count). The van der Waals surface area contributed by atoms with Crippen molar-refractivity contribution in [1.82, 2.24) is 19.9 Å². The third kappa shape index (κ3) is 6.18. The Kier molecular flexibility index (Phi) is 7.34. The van der Waals surface area contributed by atoms with E-state index >= 15 is 0 Å². The highest BCUT2D eigenvalue weighted by molar-refractivity contribution is 9.10. The van der Waals surface area contributed by atoms with Gasteiger partial charge < -0.3 is 13.5 Å². The third-order valence-corrected chi connectivity index (χ3v) is 10.3. The molecule has 0 radical (unpaired) electrons. The van der Waals surface area contributed by atoms with Gasteiger partial charge in [0.15, 0.2) is 0 Å². The molecule has 6 nitrogen and oxygen atoms in total. The lowest BCUT2D eigenvalue weighted by Gasteiger charge is -2.18. The second-order valence-electron chi connectivity index (χ2n) is 11.7. The molecule has 0 bridgehead atoms. The molecule has 6 heterocycles. The van der Waals surface area contributed by atoms with Crippen molar-refractivity contribution >= 4 is 73.3 Å². The second-order valence-corrected chi connectivity index (χ2v) is 17.6. The molecule has 47 heavy (non-hydrogen) atoms. The largest absolute Gasteiger partial charge is 1.00 e. The molecule has 0 N–H and O–H groups in total. The van der Waals surface area contributed by atoms with Crippen LogP contribution >= 0.6 is 15.9 Å². The van der Waals surface area contributed by atoms with Gasteiger partial charge in [0.05, 0.1) is 19.5 Å². The zero-order chi connectivity index (χ0) is 36.3. The normalized spacial score (nSPS) is 13.7. The summed E-state index contributed by atoms with van der Waals surface area (Å²) in [6, 6.07) is 22.4. The topological polar surface area (TPSA) is 77.8 Å². The van der Waals surface area contributed by atoms with Gasteiger partial charge >= 0.3 is 0 Å². The average molecular weight is 717 g/mol. The van der Waals surface area contributed by atoms with Crippen LogP contribution in [-0.4, -0.2) is 28.0 Å². The molecule has 0 aliphatic carbocycles. The highest BCUT2D eigenvalue weighted by Gasteiger charge is 2.25. The molecule has 2 aromatic carbocycles. The maximum Gasteiger partial charge on any atom is 0.227 e. The fourth-order valence-corrected chi connectivity index (χ4v) is 7.63. The first-order chi connectivity index (χ1) is 24.1. The number of benzene rings is 2. The van der Waals surface area contributed by atoms with E-state index in [9.17, 15) is 0 Å². The number of nitrogens with zero attached hydrogens (tertiary/aromatic N) is 4. The summed E-state index contributed by atoms with van der Waals surface area (Å²) in [5.41, 5.74) is 6.03. The number of rotatable bonds is 3. The highest BCUT2D eigenvalue weighted by atomic mass is 79.9. The van der Waals surface area contributed by atoms with E-state index in [1.54, 1.807) is 36.7 Å². The van der Waals surface area contributed by atoms with E-state index in [-0.39, 0.29) is 20.5 Å². The van der Waals surface area contributed by atoms with E-state index in [2.05, 4.69) is 61.6 Å². The summed E-state index contributed by atoms with van der Waals surface area (Å²) < 4.78 is 57.8. The molecule has 0 aliphatic rings. The second kappa shape index (κ2) is 13.1. The summed E-state index contributed by atoms with van der Waals surface area (Å²) in [5.74, 6) is 0. The lowest BCUT2D eigenvalue weighted by Crippen LogP contribution is -3.00. The van der Waals surface area contributed by atoms with Gasteiger partial charge in [0.1, 0.15) is 11.2 Å². The predicted octanol–water partition coefficient (Wildman–Crippen LogP) is 7.17. The van der Waals surface area contributed by atoms with Crippen molar-refractivity contribution in [2.24, 2.45) is 0 Å². The van der Waals surface area contributed by atoms with Crippen LogP contribution in [-0.2, 0) is 0 Å².